The molecule has 29 heteroatoms. The highest BCUT2D eigenvalue weighted by Crippen LogP contribution is 2.42. The number of hydrogen-bond donors (Lipinski definition) is 18. The van der Waals surface area contributed by atoms with E-state index in [2.05, 4.69) is 36.7 Å². The molecule has 18 N–H and O–H groups in total. The molecule has 0 aromatic rings. The van der Waals surface area contributed by atoms with Crippen molar-refractivity contribution >= 4 is 29.7 Å². The van der Waals surface area contributed by atoms with Gasteiger partial charge in [0.1, 0.15) is 73.8 Å². The molecule has 0 aromatic heterocycles. The maximum absolute atomic E-state index is 13.6. The third kappa shape index (κ3) is 30.4. The highest BCUT2D eigenvalue weighted by molar-refractivity contribution is 5.81. The lowest BCUT2D eigenvalue weighted by Crippen LogP contribution is -2.72. The average molecular weight is 1400 g/mol. The van der Waals surface area contributed by atoms with Gasteiger partial charge in [0.25, 0.3) is 11.6 Å². The lowest BCUT2D eigenvalue weighted by Gasteiger charge is -2.52. The number of nitrogens with one attached hydrogen (secondary N) is 3. The minimum atomic E-state index is -3.31. The number of amides is 3. The Morgan fingerprint density at radius 3 is 1.54 bits per heavy atom. The van der Waals surface area contributed by atoms with E-state index in [0.29, 0.717) is 18.8 Å². The van der Waals surface area contributed by atoms with Crippen molar-refractivity contribution in [1.82, 2.24) is 16.0 Å². The smallest absolute Gasteiger partial charge is 0.364 e. The van der Waals surface area contributed by atoms with Crippen LogP contribution < -0.4 is 16.0 Å². The second-order valence-electron chi connectivity index (χ2n) is 27.2. The van der Waals surface area contributed by atoms with Gasteiger partial charge in [-0.1, -0.05) is 200 Å². The van der Waals surface area contributed by atoms with Crippen molar-refractivity contribution in [2.24, 2.45) is 5.92 Å². The molecule has 566 valence electrons. The summed E-state index contributed by atoms with van der Waals surface area (Å²) in [6.07, 6.45) is 1.47. The Balaban J connectivity index is 1.80. The van der Waals surface area contributed by atoms with Gasteiger partial charge in [-0.25, -0.2) is 9.59 Å². The fourth-order valence-corrected chi connectivity index (χ4v) is 12.6. The average Bonchev–Trinajstić information content (AvgIpc) is 0.768. The number of allylic oxidation sites excluding steroid dienone is 1. The van der Waals surface area contributed by atoms with Gasteiger partial charge in [-0.15, -0.1) is 0 Å². The minimum absolute atomic E-state index is 0.119. The number of ether oxygens (including phenoxy) is 6. The second kappa shape index (κ2) is 47.5. The Kier molecular flexibility index (Phi) is 42.9. The van der Waals surface area contributed by atoms with Crippen LogP contribution in [0.3, 0.4) is 0 Å². The van der Waals surface area contributed by atoms with Crippen LogP contribution in [-0.4, -0.2) is 261 Å². The Morgan fingerprint density at radius 2 is 1.06 bits per heavy atom. The number of aliphatic hydroxyl groups excluding tert-OH is 13. The molecule has 3 aliphatic rings. The van der Waals surface area contributed by atoms with Gasteiger partial charge in [0, 0.05) is 19.8 Å². The van der Waals surface area contributed by atoms with Gasteiger partial charge in [0.2, 0.25) is 17.7 Å². The number of unbranched alkanes of at least 4 members (excludes halogenated alkanes) is 25. The van der Waals surface area contributed by atoms with Gasteiger partial charge in [0.15, 0.2) is 6.29 Å². The summed E-state index contributed by atoms with van der Waals surface area (Å²) in [5.74, 6) is -13.2. The number of carboxylic acid groups (broad SMARTS) is 2. The molecule has 3 aliphatic heterocycles. The molecule has 3 saturated heterocycles. The molecule has 0 aliphatic carbocycles. The number of carbonyl (C=O) groups excluding carboxylic acids is 3. The SMILES string of the molecule is CCCCCCCCCCCCCCCCCCCCCCC(O)C(=O)NC(COC1OC(COC2(C(=O)O)CC(OC3(C(=O)O)CC(O)C(NC(=O)CO)C(C(O)C(O)CO)O3)C(NC(C)=O)C(C(O)C(O)CO)O2)C(O)C(O)C1O)C(O)C=CCCCCCCCCC(C)C. The van der Waals surface area contributed by atoms with Gasteiger partial charge in [0.05, 0.1) is 62.9 Å². The summed E-state index contributed by atoms with van der Waals surface area (Å²) in [5, 5.41) is 169. The Labute approximate surface area is 572 Å². The summed E-state index contributed by atoms with van der Waals surface area (Å²) in [4.78, 5) is 65.9. The molecule has 3 amide bonds. The summed E-state index contributed by atoms with van der Waals surface area (Å²) in [5.41, 5.74) is 0. The third-order valence-corrected chi connectivity index (χ3v) is 18.5. The molecule has 3 rings (SSSR count). The number of aliphatic hydroxyl groups is 13. The minimum Gasteiger partial charge on any atom is -0.477 e. The molecule has 20 atom stereocenters. The first kappa shape index (κ1) is 87.5. The van der Waals surface area contributed by atoms with Crippen LogP contribution in [0, 0.1) is 5.92 Å². The molecule has 0 spiro atoms. The van der Waals surface area contributed by atoms with Crippen molar-refractivity contribution in [3.8, 4) is 0 Å². The first-order chi connectivity index (χ1) is 46.2. The number of carboxylic acids is 2. The van der Waals surface area contributed by atoms with Crippen LogP contribution >= 0.6 is 0 Å². The van der Waals surface area contributed by atoms with Crippen molar-refractivity contribution in [3.63, 3.8) is 0 Å². The van der Waals surface area contributed by atoms with Crippen LogP contribution in [0.4, 0.5) is 0 Å². The van der Waals surface area contributed by atoms with Crippen LogP contribution in [0.5, 0.6) is 0 Å². The van der Waals surface area contributed by atoms with Crippen LogP contribution in [0.2, 0.25) is 0 Å². The van der Waals surface area contributed by atoms with E-state index in [1.54, 1.807) is 6.08 Å². The number of rotatable bonds is 53. The highest BCUT2D eigenvalue weighted by Gasteiger charge is 2.63. The predicted octanol–water partition coefficient (Wildman–Crippen LogP) is 1.87. The molecule has 0 aromatic carbocycles. The monoisotopic (exact) mass is 1400 g/mol. The van der Waals surface area contributed by atoms with Gasteiger partial charge >= 0.3 is 11.9 Å². The molecule has 0 bridgehead atoms. The zero-order valence-corrected chi connectivity index (χ0v) is 57.8. The van der Waals surface area contributed by atoms with Crippen LogP contribution in [0.25, 0.3) is 0 Å². The van der Waals surface area contributed by atoms with Crippen LogP contribution in [0.15, 0.2) is 12.2 Å². The van der Waals surface area contributed by atoms with Crippen molar-refractivity contribution in [2.75, 3.05) is 33.0 Å². The summed E-state index contributed by atoms with van der Waals surface area (Å²) < 4.78 is 35.2. The lowest BCUT2D eigenvalue weighted by atomic mass is 9.86. The van der Waals surface area contributed by atoms with Crippen molar-refractivity contribution in [2.45, 2.75) is 348 Å². The van der Waals surface area contributed by atoms with Crippen LogP contribution in [-0.2, 0) is 52.4 Å². The normalized spacial score (nSPS) is 28.4. The van der Waals surface area contributed by atoms with E-state index >= 15 is 0 Å². The van der Waals surface area contributed by atoms with Crippen LogP contribution in [0.1, 0.15) is 227 Å². The van der Waals surface area contributed by atoms with E-state index in [1.165, 1.54) is 102 Å². The number of aliphatic carboxylic acids is 2. The molecule has 3 heterocycles. The lowest BCUT2D eigenvalue weighted by molar-refractivity contribution is -0.365. The molecule has 97 heavy (non-hydrogen) atoms. The van der Waals surface area contributed by atoms with E-state index < -0.39 is 197 Å². The Hall–Kier alpha value is -3.67. The molecule has 3 fully saturated rings. The quantitative estimate of drug-likeness (QED) is 0.0305. The van der Waals surface area contributed by atoms with E-state index in [-0.39, 0.29) is 6.42 Å². The Morgan fingerprint density at radius 1 is 0.588 bits per heavy atom. The zero-order valence-electron chi connectivity index (χ0n) is 57.8. The van der Waals surface area contributed by atoms with Gasteiger partial charge in [-0.2, -0.15) is 0 Å². The molecule has 0 radical (unpaired) electrons. The van der Waals surface area contributed by atoms with E-state index in [1.807, 2.05) is 0 Å². The van der Waals surface area contributed by atoms with E-state index in [4.69, 9.17) is 28.4 Å². The maximum atomic E-state index is 13.6. The third-order valence-electron chi connectivity index (χ3n) is 18.5. The van der Waals surface area contributed by atoms with E-state index in [0.717, 1.165) is 77.6 Å². The molecular formula is C68H123N3O26. The predicted molar refractivity (Wildman–Crippen MR) is 351 cm³/mol. The maximum Gasteiger partial charge on any atom is 0.364 e. The topological polar surface area (TPSA) is 480 Å². The molecule has 0 saturated carbocycles. The highest BCUT2D eigenvalue weighted by atomic mass is 16.8. The van der Waals surface area contributed by atoms with E-state index in [9.17, 15) is 101 Å². The van der Waals surface area contributed by atoms with Gasteiger partial charge < -0.3 is 121 Å². The molecular weight excluding hydrogens is 1270 g/mol. The Bertz CT molecular complexity index is 2220. The van der Waals surface area contributed by atoms with Crippen molar-refractivity contribution in [3.05, 3.63) is 12.2 Å². The molecule has 20 unspecified atom stereocenters. The summed E-state index contributed by atoms with van der Waals surface area (Å²) >= 11 is 0. The number of carbonyl (C=O) groups is 5. The van der Waals surface area contributed by atoms with Crippen molar-refractivity contribution < 1.29 is 129 Å². The summed E-state index contributed by atoms with van der Waals surface area (Å²) in [6, 6.07) is -5.14. The zero-order chi connectivity index (χ0) is 72.1. The first-order valence-corrected chi connectivity index (χ1v) is 35.8. The molecule has 29 nitrogen and oxygen atoms in total. The standard InChI is InChI=1S/C68H123N3O26/c1-5-6-7-8-9-10-11-12-13-14-15-16-17-18-19-20-21-26-29-32-35-47(77)63(87)70-45(46(76)34-31-28-25-23-22-24-27-30-33-43(2)3)41-92-64-60(86)59(85)58(84)52(94-64)42-93-67(65(88)89)37-51(55(69-44(4)75)62(96-67)57(83)50(80)39-73)95-68(66(90)91)36-48(78)54(71-53(81)40-74)61(97-68)56(82)49(79)38-72/h31,34,43,45-52,54-62,64,72-74,76-80,82-86H,5-30,32-33,35-42H2,1-4H3,(H,69,75)(H,70,87)(H,71,81)(H,88,89)(H,90,91). The van der Waals surface area contributed by atoms with Gasteiger partial charge in [-0.05, 0) is 25.2 Å². The first-order valence-electron chi connectivity index (χ1n) is 35.8. The van der Waals surface area contributed by atoms with Gasteiger partial charge in [-0.3, -0.25) is 14.4 Å². The fourth-order valence-electron chi connectivity index (χ4n) is 12.6. The van der Waals surface area contributed by atoms with Crippen molar-refractivity contribution in [1.29, 1.82) is 0 Å². The second-order valence-corrected chi connectivity index (χ2v) is 27.2. The summed E-state index contributed by atoms with van der Waals surface area (Å²) in [6.45, 7) is 2.09. The largest absolute Gasteiger partial charge is 0.477 e. The fraction of sp³-hybridized carbons (Fsp3) is 0.897. The number of hydrogen-bond acceptors (Lipinski definition) is 24. The summed E-state index contributed by atoms with van der Waals surface area (Å²) in [7, 11) is 0.